The molecular formula is C24H22N2O5. The van der Waals surface area contributed by atoms with Crippen LogP contribution in [0.15, 0.2) is 66.7 Å². The average molecular weight is 418 g/mol. The Bertz CT molecular complexity index is 1070. The van der Waals surface area contributed by atoms with Crippen molar-refractivity contribution in [1.29, 1.82) is 0 Å². The maximum atomic E-state index is 13.3. The van der Waals surface area contributed by atoms with Crippen LogP contribution < -0.4 is 15.0 Å². The second-order valence-corrected chi connectivity index (χ2v) is 8.13. The summed E-state index contributed by atoms with van der Waals surface area (Å²) in [6.07, 6.45) is 3.16. The average Bonchev–Trinajstić information content (AvgIpc) is 3.43. The molecule has 0 spiro atoms. The summed E-state index contributed by atoms with van der Waals surface area (Å²) in [6, 6.07) is 16.3. The Kier molecular flexibility index (Phi) is 4.63. The van der Waals surface area contributed by atoms with E-state index >= 15 is 0 Å². The van der Waals surface area contributed by atoms with Gasteiger partial charge >= 0.3 is 0 Å². The van der Waals surface area contributed by atoms with Crippen LogP contribution in [0.25, 0.3) is 0 Å². The van der Waals surface area contributed by atoms with Gasteiger partial charge in [0.1, 0.15) is 11.4 Å². The molecule has 7 nitrogen and oxygen atoms in total. The van der Waals surface area contributed by atoms with Crippen LogP contribution in [-0.2, 0) is 19.1 Å². The van der Waals surface area contributed by atoms with Crippen LogP contribution >= 0.6 is 0 Å². The summed E-state index contributed by atoms with van der Waals surface area (Å²) in [5, 5.41) is 2.80. The van der Waals surface area contributed by atoms with Crippen molar-refractivity contribution in [2.75, 3.05) is 18.1 Å². The molecule has 2 aromatic carbocycles. The quantitative estimate of drug-likeness (QED) is 0.573. The fourth-order valence-electron chi connectivity index (χ4n) is 4.61. The van der Waals surface area contributed by atoms with Crippen molar-refractivity contribution in [3.05, 3.63) is 72.3 Å². The van der Waals surface area contributed by atoms with Crippen molar-refractivity contribution in [1.82, 2.24) is 5.32 Å². The van der Waals surface area contributed by atoms with Crippen molar-refractivity contribution >= 4 is 23.4 Å². The highest BCUT2D eigenvalue weighted by atomic mass is 16.5. The van der Waals surface area contributed by atoms with Crippen LogP contribution in [0.1, 0.15) is 5.56 Å². The minimum absolute atomic E-state index is 0.0961. The first kappa shape index (κ1) is 19.5. The molecule has 31 heavy (non-hydrogen) atoms. The number of carbonyl (C=O) groups is 3. The zero-order chi connectivity index (χ0) is 21.6. The SMILES string of the molecule is Cc1ccc(N2C(=O)[C@@H]3[C@@H]4C=C[C@](CNC(=O)COc5ccccc5)(O4)[C@@H]3C2=O)cc1. The van der Waals surface area contributed by atoms with Gasteiger partial charge in [-0.25, -0.2) is 4.90 Å². The minimum Gasteiger partial charge on any atom is -0.484 e. The van der Waals surface area contributed by atoms with E-state index in [0.717, 1.165) is 5.56 Å². The van der Waals surface area contributed by atoms with Crippen LogP contribution in [-0.4, -0.2) is 42.6 Å². The Hall–Kier alpha value is -3.45. The van der Waals surface area contributed by atoms with Crippen LogP contribution in [0.4, 0.5) is 5.69 Å². The molecule has 2 fully saturated rings. The molecule has 2 bridgehead atoms. The summed E-state index contributed by atoms with van der Waals surface area (Å²) in [7, 11) is 0. The Labute approximate surface area is 179 Å². The molecule has 3 heterocycles. The largest absolute Gasteiger partial charge is 0.484 e. The predicted octanol–water partition coefficient (Wildman–Crippen LogP) is 2.00. The highest BCUT2D eigenvalue weighted by Gasteiger charge is 2.67. The van der Waals surface area contributed by atoms with Gasteiger partial charge in [0, 0.05) is 0 Å². The molecule has 0 aliphatic carbocycles. The second-order valence-electron chi connectivity index (χ2n) is 8.13. The standard InChI is InChI=1S/C24H22N2O5/c1-15-7-9-16(10-8-15)26-22(28)20-18-11-12-24(31-18,21(20)23(26)29)14-25-19(27)13-30-17-5-3-2-4-6-17/h2-12,18,20-21H,13-14H2,1H3,(H,25,27)/t18-,20+,21-,24+/m0/s1. The van der Waals surface area contributed by atoms with Gasteiger partial charge in [0.2, 0.25) is 11.8 Å². The molecule has 3 aliphatic rings. The third-order valence-electron chi connectivity index (χ3n) is 6.12. The van der Waals surface area contributed by atoms with Gasteiger partial charge in [-0.3, -0.25) is 14.4 Å². The van der Waals surface area contributed by atoms with E-state index in [1.807, 2.05) is 43.3 Å². The van der Waals surface area contributed by atoms with Crippen LogP contribution in [0.3, 0.4) is 0 Å². The van der Waals surface area contributed by atoms with E-state index in [1.165, 1.54) is 4.90 Å². The maximum absolute atomic E-state index is 13.3. The first-order valence-electron chi connectivity index (χ1n) is 10.2. The lowest BCUT2D eigenvalue weighted by atomic mass is 9.77. The van der Waals surface area contributed by atoms with Crippen molar-refractivity contribution in [3.8, 4) is 5.75 Å². The number of para-hydroxylation sites is 1. The van der Waals surface area contributed by atoms with Crippen LogP contribution in [0.5, 0.6) is 5.75 Å². The first-order valence-corrected chi connectivity index (χ1v) is 10.2. The number of nitrogens with zero attached hydrogens (tertiary/aromatic N) is 1. The molecule has 1 N–H and O–H groups in total. The number of benzene rings is 2. The highest BCUT2D eigenvalue weighted by Crippen LogP contribution is 2.52. The fraction of sp³-hybridized carbons (Fsp3) is 0.292. The number of fused-ring (bicyclic) bond motifs is 5. The Morgan fingerprint density at radius 1 is 1.10 bits per heavy atom. The van der Waals surface area contributed by atoms with E-state index < -0.39 is 23.5 Å². The normalized spacial score (nSPS) is 28.2. The molecule has 3 amide bonds. The summed E-state index contributed by atoms with van der Waals surface area (Å²) < 4.78 is 11.5. The van der Waals surface area contributed by atoms with Crippen molar-refractivity contribution in [3.63, 3.8) is 0 Å². The van der Waals surface area contributed by atoms with Gasteiger partial charge in [0.25, 0.3) is 5.91 Å². The number of hydrogen-bond donors (Lipinski definition) is 1. The predicted molar refractivity (Wildman–Crippen MR) is 112 cm³/mol. The zero-order valence-corrected chi connectivity index (χ0v) is 17.0. The maximum Gasteiger partial charge on any atom is 0.258 e. The van der Waals surface area contributed by atoms with Crippen LogP contribution in [0.2, 0.25) is 0 Å². The van der Waals surface area contributed by atoms with E-state index in [-0.39, 0.29) is 30.9 Å². The number of rotatable bonds is 6. The lowest BCUT2D eigenvalue weighted by Crippen LogP contribution is -2.49. The molecule has 2 aromatic rings. The second kappa shape index (κ2) is 7.35. The van der Waals surface area contributed by atoms with E-state index in [9.17, 15) is 14.4 Å². The third kappa shape index (κ3) is 3.21. The number of nitrogens with one attached hydrogen (secondary N) is 1. The summed E-state index contributed by atoms with van der Waals surface area (Å²) in [4.78, 5) is 40.0. The topological polar surface area (TPSA) is 84.9 Å². The number of ether oxygens (including phenoxy) is 2. The minimum atomic E-state index is -1.02. The number of carbonyl (C=O) groups excluding carboxylic acids is 3. The van der Waals surface area contributed by atoms with Gasteiger partial charge in [-0.1, -0.05) is 48.0 Å². The van der Waals surface area contributed by atoms with E-state index in [4.69, 9.17) is 9.47 Å². The van der Waals surface area contributed by atoms with Crippen LogP contribution in [0, 0.1) is 18.8 Å². The number of anilines is 1. The zero-order valence-electron chi connectivity index (χ0n) is 17.0. The van der Waals surface area contributed by atoms with Gasteiger partial charge in [0.05, 0.1) is 30.2 Å². The van der Waals surface area contributed by atoms with Gasteiger partial charge in [-0.05, 0) is 31.2 Å². The molecule has 7 heteroatoms. The molecule has 4 atom stereocenters. The summed E-state index contributed by atoms with van der Waals surface area (Å²) >= 11 is 0. The smallest absolute Gasteiger partial charge is 0.258 e. The molecule has 3 aliphatic heterocycles. The molecule has 0 unspecified atom stereocenters. The Morgan fingerprint density at radius 3 is 2.58 bits per heavy atom. The number of hydrogen-bond acceptors (Lipinski definition) is 5. The summed E-state index contributed by atoms with van der Waals surface area (Å²) in [5.41, 5.74) is 0.582. The summed E-state index contributed by atoms with van der Waals surface area (Å²) in [5.74, 6) is -1.51. The molecule has 0 aromatic heterocycles. The first-order chi connectivity index (χ1) is 15.0. The molecule has 2 saturated heterocycles. The number of imide groups is 1. The lowest BCUT2D eigenvalue weighted by molar-refractivity contribution is -0.129. The van der Waals surface area contributed by atoms with Crippen molar-refractivity contribution in [2.24, 2.45) is 11.8 Å². The Morgan fingerprint density at radius 2 is 1.84 bits per heavy atom. The molecule has 5 rings (SSSR count). The van der Waals surface area contributed by atoms with E-state index in [2.05, 4.69) is 5.32 Å². The number of amides is 3. The Balaban J connectivity index is 1.29. The van der Waals surface area contributed by atoms with E-state index in [1.54, 1.807) is 30.3 Å². The van der Waals surface area contributed by atoms with E-state index in [0.29, 0.717) is 11.4 Å². The van der Waals surface area contributed by atoms with Gasteiger partial charge in [0.15, 0.2) is 6.61 Å². The highest BCUT2D eigenvalue weighted by molar-refractivity contribution is 6.23. The lowest BCUT2D eigenvalue weighted by Gasteiger charge is -2.29. The molecule has 158 valence electrons. The fourth-order valence-corrected chi connectivity index (χ4v) is 4.61. The van der Waals surface area contributed by atoms with Gasteiger partial charge < -0.3 is 14.8 Å². The van der Waals surface area contributed by atoms with Gasteiger partial charge in [-0.2, -0.15) is 0 Å². The number of aryl methyl sites for hydroxylation is 1. The molecule has 0 saturated carbocycles. The van der Waals surface area contributed by atoms with Gasteiger partial charge in [-0.15, -0.1) is 0 Å². The molecule has 0 radical (unpaired) electrons. The monoisotopic (exact) mass is 418 g/mol. The third-order valence-corrected chi connectivity index (χ3v) is 6.12. The van der Waals surface area contributed by atoms with Crippen molar-refractivity contribution < 1.29 is 23.9 Å². The molecular weight excluding hydrogens is 396 g/mol. The van der Waals surface area contributed by atoms with Crippen molar-refractivity contribution in [2.45, 2.75) is 18.6 Å². The summed E-state index contributed by atoms with van der Waals surface area (Å²) in [6.45, 7) is 1.89.